The monoisotopic (exact) mass is 416 g/mol. The van der Waals surface area contributed by atoms with Gasteiger partial charge in [0.15, 0.2) is 0 Å². The Morgan fingerprint density at radius 1 is 1.17 bits per heavy atom. The molecule has 1 spiro atoms. The maximum atomic E-state index is 13.0. The van der Waals surface area contributed by atoms with Gasteiger partial charge in [-0.05, 0) is 62.6 Å². The summed E-state index contributed by atoms with van der Waals surface area (Å²) < 4.78 is 39.6. The third kappa shape index (κ3) is 4.38. The van der Waals surface area contributed by atoms with E-state index >= 15 is 0 Å². The van der Waals surface area contributed by atoms with Gasteiger partial charge in [0, 0.05) is 31.8 Å². The number of nitrogens with zero attached hydrogens (tertiary/aromatic N) is 2. The molecule has 4 rings (SSSR count). The Morgan fingerprint density at radius 3 is 2.59 bits per heavy atom. The second kappa shape index (κ2) is 7.80. The quantitative estimate of drug-likeness (QED) is 0.749. The van der Waals surface area contributed by atoms with Gasteiger partial charge in [0.1, 0.15) is 0 Å². The lowest BCUT2D eigenvalue weighted by Crippen LogP contribution is -2.67. The summed E-state index contributed by atoms with van der Waals surface area (Å²) in [6.07, 6.45) is 1.58. The van der Waals surface area contributed by atoms with Crippen molar-refractivity contribution in [1.29, 1.82) is 0 Å². The van der Waals surface area contributed by atoms with Gasteiger partial charge < -0.3 is 9.47 Å². The van der Waals surface area contributed by atoms with E-state index in [9.17, 15) is 8.42 Å². The van der Waals surface area contributed by atoms with Crippen molar-refractivity contribution in [3.8, 4) is 0 Å². The van der Waals surface area contributed by atoms with Crippen LogP contribution in [-0.2, 0) is 26.1 Å². The van der Waals surface area contributed by atoms with Crippen molar-refractivity contribution in [3.05, 3.63) is 58.9 Å². The van der Waals surface area contributed by atoms with Crippen LogP contribution >= 0.6 is 0 Å². The molecule has 2 fully saturated rings. The maximum Gasteiger partial charge on any atom is 0.243 e. The van der Waals surface area contributed by atoms with Gasteiger partial charge in [0.25, 0.3) is 0 Å². The molecule has 3 heterocycles. The average molecular weight is 417 g/mol. The molecule has 0 saturated carbocycles. The van der Waals surface area contributed by atoms with E-state index in [1.54, 1.807) is 12.1 Å². The van der Waals surface area contributed by atoms with Gasteiger partial charge >= 0.3 is 0 Å². The Kier molecular flexibility index (Phi) is 5.50. The molecule has 29 heavy (non-hydrogen) atoms. The summed E-state index contributed by atoms with van der Waals surface area (Å²) in [7, 11) is -3.50. The Bertz CT molecular complexity index is 979. The largest absolute Gasteiger partial charge is 0.372 e. The minimum Gasteiger partial charge on any atom is -0.372 e. The molecule has 0 bridgehead atoms. The molecule has 0 radical (unpaired) electrons. The number of sulfonamides is 1. The SMILES string of the molecule is Cc1cc(C)cc(S(=O)(=O)N2CC3(CC(OCc4cccc(C)n4)CCO3)C2)c1. The van der Waals surface area contributed by atoms with E-state index in [4.69, 9.17) is 9.47 Å². The minimum atomic E-state index is -3.50. The van der Waals surface area contributed by atoms with Gasteiger partial charge in [-0.25, -0.2) is 8.42 Å². The molecule has 1 unspecified atom stereocenters. The maximum absolute atomic E-state index is 13.0. The molecule has 0 N–H and O–H groups in total. The Labute approximate surface area is 172 Å². The highest BCUT2D eigenvalue weighted by atomic mass is 32.2. The molecule has 7 heteroatoms. The normalized spacial score (nSPS) is 21.8. The average Bonchev–Trinajstić information content (AvgIpc) is 2.64. The van der Waals surface area contributed by atoms with Crippen LogP contribution in [0.1, 0.15) is 35.4 Å². The van der Waals surface area contributed by atoms with E-state index < -0.39 is 15.6 Å². The third-order valence-corrected chi connectivity index (χ3v) is 7.39. The molecule has 2 aliphatic heterocycles. The molecular formula is C22H28N2O4S. The van der Waals surface area contributed by atoms with Crippen LogP contribution in [0.25, 0.3) is 0 Å². The zero-order valence-electron chi connectivity index (χ0n) is 17.2. The molecule has 2 saturated heterocycles. The number of rotatable bonds is 5. The first-order chi connectivity index (χ1) is 13.8. The summed E-state index contributed by atoms with van der Waals surface area (Å²) in [6.45, 7) is 7.61. The molecule has 2 aromatic rings. The van der Waals surface area contributed by atoms with Crippen LogP contribution in [0.3, 0.4) is 0 Å². The zero-order chi connectivity index (χ0) is 20.6. The topological polar surface area (TPSA) is 68.7 Å². The van der Waals surface area contributed by atoms with E-state index in [-0.39, 0.29) is 6.10 Å². The highest BCUT2D eigenvalue weighted by Crippen LogP contribution is 2.38. The molecule has 0 aliphatic carbocycles. The van der Waals surface area contributed by atoms with Gasteiger partial charge in [-0.2, -0.15) is 4.31 Å². The number of hydrogen-bond donors (Lipinski definition) is 0. The molecule has 0 amide bonds. The van der Waals surface area contributed by atoms with Crippen molar-refractivity contribution in [2.24, 2.45) is 0 Å². The van der Waals surface area contributed by atoms with Crippen LogP contribution in [-0.4, -0.2) is 49.1 Å². The predicted molar refractivity (Wildman–Crippen MR) is 110 cm³/mol. The fraction of sp³-hybridized carbons (Fsp3) is 0.500. The summed E-state index contributed by atoms with van der Waals surface area (Å²) in [4.78, 5) is 4.84. The van der Waals surface area contributed by atoms with Crippen molar-refractivity contribution in [1.82, 2.24) is 9.29 Å². The molecule has 1 atom stereocenters. The molecule has 2 aliphatic rings. The number of aromatic nitrogens is 1. The Balaban J connectivity index is 1.38. The van der Waals surface area contributed by atoms with Crippen LogP contribution in [0.2, 0.25) is 0 Å². The first-order valence-electron chi connectivity index (χ1n) is 10.0. The number of pyridine rings is 1. The second-order valence-corrected chi connectivity index (χ2v) is 10.3. The zero-order valence-corrected chi connectivity index (χ0v) is 18.0. The number of hydrogen-bond acceptors (Lipinski definition) is 5. The van der Waals surface area contributed by atoms with Crippen molar-refractivity contribution >= 4 is 10.0 Å². The van der Waals surface area contributed by atoms with Crippen molar-refractivity contribution in [3.63, 3.8) is 0 Å². The van der Waals surface area contributed by atoms with Crippen LogP contribution in [0.4, 0.5) is 0 Å². The van der Waals surface area contributed by atoms with E-state index in [1.165, 1.54) is 4.31 Å². The summed E-state index contributed by atoms with van der Waals surface area (Å²) in [5.41, 5.74) is 3.35. The van der Waals surface area contributed by atoms with Gasteiger partial charge in [0.2, 0.25) is 10.0 Å². The van der Waals surface area contributed by atoms with Crippen LogP contribution in [0.5, 0.6) is 0 Å². The molecule has 1 aromatic heterocycles. The fourth-order valence-electron chi connectivity index (χ4n) is 4.23. The lowest BCUT2D eigenvalue weighted by molar-refractivity contribution is -0.180. The summed E-state index contributed by atoms with van der Waals surface area (Å²) in [6, 6.07) is 11.3. The fourth-order valence-corrected chi connectivity index (χ4v) is 6.00. The van der Waals surface area contributed by atoms with E-state index in [2.05, 4.69) is 4.98 Å². The molecule has 156 valence electrons. The summed E-state index contributed by atoms with van der Waals surface area (Å²) in [5, 5.41) is 0. The van der Waals surface area contributed by atoms with E-state index in [0.717, 1.165) is 28.9 Å². The van der Waals surface area contributed by atoms with E-state index in [1.807, 2.05) is 45.0 Å². The van der Waals surface area contributed by atoms with Crippen molar-refractivity contribution in [2.75, 3.05) is 19.7 Å². The van der Waals surface area contributed by atoms with Gasteiger partial charge in [-0.15, -0.1) is 0 Å². The Hall–Kier alpha value is -1.80. The smallest absolute Gasteiger partial charge is 0.243 e. The summed E-state index contributed by atoms with van der Waals surface area (Å²) >= 11 is 0. The highest BCUT2D eigenvalue weighted by Gasteiger charge is 2.52. The first-order valence-corrected chi connectivity index (χ1v) is 11.5. The Morgan fingerprint density at radius 2 is 1.90 bits per heavy atom. The lowest BCUT2D eigenvalue weighted by atomic mass is 9.86. The van der Waals surface area contributed by atoms with Crippen LogP contribution in [0, 0.1) is 20.8 Å². The third-order valence-electron chi connectivity index (χ3n) is 5.62. The van der Waals surface area contributed by atoms with Crippen LogP contribution in [0.15, 0.2) is 41.3 Å². The molecule has 6 nitrogen and oxygen atoms in total. The minimum absolute atomic E-state index is 0.0529. The number of ether oxygens (including phenoxy) is 2. The molecular weight excluding hydrogens is 388 g/mol. The van der Waals surface area contributed by atoms with Gasteiger partial charge in [0.05, 0.1) is 28.9 Å². The number of benzene rings is 1. The van der Waals surface area contributed by atoms with Crippen molar-refractivity contribution in [2.45, 2.75) is 56.8 Å². The van der Waals surface area contributed by atoms with Gasteiger partial charge in [-0.1, -0.05) is 12.1 Å². The molecule has 1 aromatic carbocycles. The predicted octanol–water partition coefficient (Wildman–Crippen LogP) is 3.15. The summed E-state index contributed by atoms with van der Waals surface area (Å²) in [5.74, 6) is 0. The second-order valence-electron chi connectivity index (χ2n) is 8.32. The highest BCUT2D eigenvalue weighted by molar-refractivity contribution is 7.89. The number of aryl methyl sites for hydroxylation is 3. The van der Waals surface area contributed by atoms with E-state index in [0.29, 0.717) is 37.6 Å². The van der Waals surface area contributed by atoms with Gasteiger partial charge in [-0.3, -0.25) is 4.98 Å². The standard InChI is InChI=1S/C22H28N2O4S/c1-16-9-17(2)11-21(10-16)29(25,26)24-14-22(15-24)12-20(7-8-28-22)27-13-19-6-4-5-18(3)23-19/h4-6,9-11,20H,7-8,12-15H2,1-3H3. The van der Waals surface area contributed by atoms with Crippen molar-refractivity contribution < 1.29 is 17.9 Å². The lowest BCUT2D eigenvalue weighted by Gasteiger charge is -2.52. The van der Waals surface area contributed by atoms with Crippen LogP contribution < -0.4 is 0 Å². The first kappa shape index (κ1) is 20.5.